The van der Waals surface area contributed by atoms with Gasteiger partial charge in [0.1, 0.15) is 5.78 Å². The molecule has 0 aromatic rings. The van der Waals surface area contributed by atoms with Gasteiger partial charge in [-0.3, -0.25) is 4.79 Å². The van der Waals surface area contributed by atoms with Crippen molar-refractivity contribution in [2.45, 2.75) is 119 Å². The van der Waals surface area contributed by atoms with Crippen molar-refractivity contribution in [2.24, 2.45) is 11.8 Å². The van der Waals surface area contributed by atoms with Crippen LogP contribution < -0.4 is 0 Å². The van der Waals surface area contributed by atoms with Crippen molar-refractivity contribution in [1.82, 2.24) is 0 Å². The van der Waals surface area contributed by atoms with Crippen LogP contribution in [0, 0.1) is 11.8 Å². The molecular weight excluding hydrogens is 412 g/mol. The molecule has 1 heteroatoms. The van der Waals surface area contributed by atoms with Gasteiger partial charge >= 0.3 is 0 Å². The van der Waals surface area contributed by atoms with Crippen LogP contribution in [0.25, 0.3) is 0 Å². The molecule has 34 heavy (non-hydrogen) atoms. The molecule has 0 radical (unpaired) electrons. The van der Waals surface area contributed by atoms with Crippen molar-refractivity contribution >= 4 is 5.78 Å². The SMILES string of the molecule is C/C1=C/C/C=C(/C)C(CC(=O)CC2CC/C(C)=C\CC/C(C)=C\C/C=C\2C)CC/C(C)=C\CC1. The van der Waals surface area contributed by atoms with E-state index in [0.717, 1.165) is 64.2 Å². The van der Waals surface area contributed by atoms with E-state index in [9.17, 15) is 4.79 Å². The van der Waals surface area contributed by atoms with E-state index >= 15 is 0 Å². The smallest absolute Gasteiger partial charge is 0.134 e. The molecule has 0 aromatic carbocycles. The quantitative estimate of drug-likeness (QED) is 0.380. The normalized spacial score (nSPS) is 33.6. The number of ketones is 1. The molecule has 0 aliphatic heterocycles. The van der Waals surface area contributed by atoms with Gasteiger partial charge in [-0.1, -0.05) is 69.9 Å². The first-order valence-corrected chi connectivity index (χ1v) is 13.7. The van der Waals surface area contributed by atoms with Gasteiger partial charge in [0.25, 0.3) is 0 Å². The van der Waals surface area contributed by atoms with E-state index in [0.29, 0.717) is 30.5 Å². The molecule has 0 amide bonds. The number of allylic oxidation sites excluding steroid dienone is 12. The number of carbonyl (C=O) groups excluding carboxylic acids is 1. The van der Waals surface area contributed by atoms with Gasteiger partial charge in [-0.2, -0.15) is 0 Å². The summed E-state index contributed by atoms with van der Waals surface area (Å²) < 4.78 is 0. The molecular formula is C33H50O. The Hall–Kier alpha value is -1.89. The predicted molar refractivity (Wildman–Crippen MR) is 150 cm³/mol. The minimum atomic E-state index is 0.367. The molecule has 0 spiro atoms. The molecule has 2 atom stereocenters. The maximum absolute atomic E-state index is 13.4. The zero-order valence-electron chi connectivity index (χ0n) is 23.0. The summed E-state index contributed by atoms with van der Waals surface area (Å²) in [6.07, 6.45) is 26.6. The fourth-order valence-corrected chi connectivity index (χ4v) is 5.14. The highest BCUT2D eigenvalue weighted by Crippen LogP contribution is 2.30. The monoisotopic (exact) mass is 462 g/mol. The van der Waals surface area contributed by atoms with Crippen LogP contribution in [0.4, 0.5) is 0 Å². The van der Waals surface area contributed by atoms with Crippen molar-refractivity contribution in [3.05, 3.63) is 69.9 Å². The lowest BCUT2D eigenvalue weighted by molar-refractivity contribution is -0.120. The molecule has 0 fully saturated rings. The molecule has 2 aliphatic rings. The molecule has 0 saturated carbocycles. The Morgan fingerprint density at radius 2 is 0.971 bits per heavy atom. The molecule has 2 unspecified atom stereocenters. The number of rotatable bonds is 4. The molecule has 2 aliphatic carbocycles. The summed E-state index contributed by atoms with van der Waals surface area (Å²) in [5, 5.41) is 0. The van der Waals surface area contributed by atoms with Gasteiger partial charge in [-0.05, 0) is 118 Å². The van der Waals surface area contributed by atoms with Crippen molar-refractivity contribution in [2.75, 3.05) is 0 Å². The highest BCUT2D eigenvalue weighted by Gasteiger charge is 2.21. The van der Waals surface area contributed by atoms with Gasteiger partial charge in [0.2, 0.25) is 0 Å². The molecule has 1 nitrogen and oxygen atoms in total. The van der Waals surface area contributed by atoms with Crippen LogP contribution >= 0.6 is 0 Å². The Morgan fingerprint density at radius 1 is 0.588 bits per heavy atom. The Morgan fingerprint density at radius 3 is 1.38 bits per heavy atom. The van der Waals surface area contributed by atoms with Crippen LogP contribution in [-0.4, -0.2) is 5.78 Å². The fourth-order valence-electron chi connectivity index (χ4n) is 5.14. The largest absolute Gasteiger partial charge is 0.300 e. The van der Waals surface area contributed by atoms with Crippen molar-refractivity contribution < 1.29 is 4.79 Å². The summed E-state index contributed by atoms with van der Waals surface area (Å²) in [6.45, 7) is 13.5. The minimum absolute atomic E-state index is 0.367. The minimum Gasteiger partial charge on any atom is -0.300 e. The molecule has 188 valence electrons. The number of carbonyl (C=O) groups is 1. The zero-order chi connectivity index (χ0) is 24.9. The summed E-state index contributed by atoms with van der Waals surface area (Å²) in [4.78, 5) is 13.4. The maximum Gasteiger partial charge on any atom is 0.134 e. The van der Waals surface area contributed by atoms with Gasteiger partial charge in [-0.15, -0.1) is 0 Å². The van der Waals surface area contributed by atoms with Gasteiger partial charge in [0, 0.05) is 12.8 Å². The summed E-state index contributed by atoms with van der Waals surface area (Å²) >= 11 is 0. The third-order valence-corrected chi connectivity index (χ3v) is 7.89. The molecule has 0 saturated heterocycles. The van der Waals surface area contributed by atoms with Crippen LogP contribution in [0.2, 0.25) is 0 Å². The van der Waals surface area contributed by atoms with E-state index in [1.165, 1.54) is 33.4 Å². The average molecular weight is 463 g/mol. The maximum atomic E-state index is 13.4. The first-order valence-electron chi connectivity index (χ1n) is 13.7. The Bertz CT molecular complexity index is 785. The van der Waals surface area contributed by atoms with E-state index < -0.39 is 0 Å². The third kappa shape index (κ3) is 11.0. The van der Waals surface area contributed by atoms with Gasteiger partial charge in [-0.25, -0.2) is 0 Å². The number of hydrogen-bond donors (Lipinski definition) is 0. The summed E-state index contributed by atoms with van der Waals surface area (Å²) in [7, 11) is 0. The van der Waals surface area contributed by atoms with Crippen molar-refractivity contribution in [3.63, 3.8) is 0 Å². The van der Waals surface area contributed by atoms with Gasteiger partial charge in [0.05, 0.1) is 0 Å². The summed E-state index contributed by atoms with van der Waals surface area (Å²) in [5.74, 6) is 1.18. The van der Waals surface area contributed by atoms with E-state index in [1.807, 2.05) is 0 Å². The number of hydrogen-bond acceptors (Lipinski definition) is 1. The van der Waals surface area contributed by atoms with E-state index in [4.69, 9.17) is 0 Å². The summed E-state index contributed by atoms with van der Waals surface area (Å²) in [5.41, 5.74) is 8.69. The van der Waals surface area contributed by atoms with Crippen molar-refractivity contribution in [3.8, 4) is 0 Å². The second kappa shape index (κ2) is 15.2. The number of Topliss-reactive ketones (excluding diaryl/α,β-unsaturated/α-hetero) is 1. The lowest BCUT2D eigenvalue weighted by Crippen LogP contribution is -2.15. The Balaban J connectivity index is 2.12. The molecule has 0 N–H and O–H groups in total. The second-order valence-corrected chi connectivity index (χ2v) is 11.1. The van der Waals surface area contributed by atoms with E-state index in [1.54, 1.807) is 0 Å². The van der Waals surface area contributed by atoms with Crippen LogP contribution in [0.5, 0.6) is 0 Å². The lowest BCUT2D eigenvalue weighted by Gasteiger charge is -2.22. The molecule has 0 heterocycles. The Labute approximate surface area is 210 Å². The summed E-state index contributed by atoms with van der Waals surface area (Å²) in [6, 6.07) is 0. The molecule has 0 aromatic heterocycles. The van der Waals surface area contributed by atoms with Crippen LogP contribution in [0.15, 0.2) is 69.9 Å². The predicted octanol–water partition coefficient (Wildman–Crippen LogP) is 10.2. The standard InChI is InChI=1S/C33H50O/c1-25-11-7-13-27(3)19-21-31(29(5)17-9-15-25)23-33(34)24-32-22-20-28(4)14-8-12-26(2)16-10-18-30(32)6/h13-18,31-32H,7-12,19-24H2,1-6H3/b25-15-,26-16-,27-13-,28-14-,29-17-,30-18-. The van der Waals surface area contributed by atoms with Gasteiger partial charge < -0.3 is 0 Å². The fraction of sp³-hybridized carbons (Fsp3) is 0.606. The van der Waals surface area contributed by atoms with E-state index in [2.05, 4.69) is 78.0 Å². The Kier molecular flexibility index (Phi) is 12.7. The van der Waals surface area contributed by atoms with Crippen molar-refractivity contribution in [1.29, 1.82) is 0 Å². The molecule has 2 rings (SSSR count). The highest BCUT2D eigenvalue weighted by molar-refractivity contribution is 5.79. The zero-order valence-corrected chi connectivity index (χ0v) is 23.0. The third-order valence-electron chi connectivity index (χ3n) is 7.89. The molecule has 0 bridgehead atoms. The lowest BCUT2D eigenvalue weighted by atomic mass is 9.83. The highest BCUT2D eigenvalue weighted by atomic mass is 16.1. The van der Waals surface area contributed by atoms with Gasteiger partial charge in [0.15, 0.2) is 0 Å². The van der Waals surface area contributed by atoms with Crippen LogP contribution in [-0.2, 0) is 4.79 Å². The second-order valence-electron chi connectivity index (χ2n) is 11.1. The topological polar surface area (TPSA) is 17.1 Å². The van der Waals surface area contributed by atoms with Crippen LogP contribution in [0.3, 0.4) is 0 Å². The van der Waals surface area contributed by atoms with E-state index in [-0.39, 0.29) is 0 Å². The average Bonchev–Trinajstić information content (AvgIpc) is 2.77. The first-order chi connectivity index (χ1) is 16.2. The van der Waals surface area contributed by atoms with Crippen LogP contribution in [0.1, 0.15) is 119 Å². The first kappa shape index (κ1) is 28.3.